The van der Waals surface area contributed by atoms with E-state index in [1.807, 2.05) is 41.8 Å². The molecule has 0 atom stereocenters. The van der Waals surface area contributed by atoms with Gasteiger partial charge in [-0.2, -0.15) is 0 Å². The van der Waals surface area contributed by atoms with Crippen LogP contribution in [-0.4, -0.2) is 59.3 Å². The minimum absolute atomic E-state index is 0.236. The Balaban J connectivity index is 1.21. The fourth-order valence-electron chi connectivity index (χ4n) is 4.91. The fraction of sp³-hybridized carbons (Fsp3) is 0.300. The summed E-state index contributed by atoms with van der Waals surface area (Å²) in [6.07, 6.45) is 5.42. The molecule has 4 aromatic rings. The molecule has 0 aliphatic carbocycles. The number of aliphatic imine (C=N–C) groups is 1. The van der Waals surface area contributed by atoms with Crippen LogP contribution in [0.5, 0.6) is 0 Å². The number of fused-ring (bicyclic) bond motifs is 1. The molecule has 2 aromatic heterocycles. The standard InChI is InChI=1S/C30H33N7O3S/c38-30(29-27(12-18-41-29)33-20-22-11-13-31-26-10-3-2-9-25(22)26)35-24-8-6-7-23(19-24)34-28(21-37(39)40)32-14-17-36-15-4-1-5-16-36/h2-3,6-13,18-19,33H,1,4-5,14-17,20-21H2,(H,32,34)(H,35,38). The number of anilines is 3. The van der Waals surface area contributed by atoms with Gasteiger partial charge in [0.25, 0.3) is 12.5 Å². The third-order valence-corrected chi connectivity index (χ3v) is 7.85. The lowest BCUT2D eigenvalue weighted by atomic mass is 10.1. The molecule has 1 amide bonds. The molecule has 2 aromatic carbocycles. The molecular formula is C30H33N7O3S. The first kappa shape index (κ1) is 28.2. The SMILES string of the molecule is O=C(Nc1cccc(NC(C[N+](=O)[O-])=NCCN2CCCCC2)c1)c1sccc1NCc1ccnc2ccccc12. The maximum atomic E-state index is 13.2. The van der Waals surface area contributed by atoms with Gasteiger partial charge in [0.15, 0.2) is 5.84 Å². The molecule has 1 aliphatic heterocycles. The maximum absolute atomic E-state index is 13.2. The van der Waals surface area contributed by atoms with Crippen molar-refractivity contribution in [1.82, 2.24) is 9.88 Å². The Bertz CT molecular complexity index is 1530. The smallest absolute Gasteiger partial charge is 0.267 e. The van der Waals surface area contributed by atoms with Crippen molar-refractivity contribution in [3.63, 3.8) is 0 Å². The van der Waals surface area contributed by atoms with E-state index >= 15 is 0 Å². The number of hydrogen-bond donors (Lipinski definition) is 3. The van der Waals surface area contributed by atoms with Crippen LogP contribution in [0.4, 0.5) is 17.1 Å². The zero-order chi connectivity index (χ0) is 28.4. The number of likely N-dealkylation sites (tertiary alicyclic amines) is 1. The van der Waals surface area contributed by atoms with Crippen LogP contribution in [0.1, 0.15) is 34.5 Å². The van der Waals surface area contributed by atoms with Gasteiger partial charge in [0.2, 0.25) is 0 Å². The van der Waals surface area contributed by atoms with E-state index in [1.165, 1.54) is 30.6 Å². The van der Waals surface area contributed by atoms with E-state index in [4.69, 9.17) is 0 Å². The first-order valence-electron chi connectivity index (χ1n) is 13.7. The quantitative estimate of drug-likeness (QED) is 0.0908. The Morgan fingerprint density at radius 3 is 2.66 bits per heavy atom. The lowest BCUT2D eigenvalue weighted by Crippen LogP contribution is -2.32. The number of thiophene rings is 1. The zero-order valence-corrected chi connectivity index (χ0v) is 23.5. The molecule has 0 unspecified atom stereocenters. The number of carbonyl (C=O) groups excluding carboxylic acids is 1. The summed E-state index contributed by atoms with van der Waals surface area (Å²) in [5.41, 5.74) is 3.97. The molecule has 41 heavy (non-hydrogen) atoms. The predicted octanol–water partition coefficient (Wildman–Crippen LogP) is 5.73. The molecule has 0 radical (unpaired) electrons. The summed E-state index contributed by atoms with van der Waals surface area (Å²) in [4.78, 5) is 35.9. The molecule has 5 rings (SSSR count). The summed E-state index contributed by atoms with van der Waals surface area (Å²) in [5, 5.41) is 23.6. The number of benzene rings is 2. The van der Waals surface area contributed by atoms with Gasteiger partial charge in [-0.15, -0.1) is 11.3 Å². The van der Waals surface area contributed by atoms with Crippen molar-refractivity contribution in [2.75, 3.05) is 48.7 Å². The molecule has 0 spiro atoms. The van der Waals surface area contributed by atoms with Crippen LogP contribution in [0, 0.1) is 10.1 Å². The second-order valence-electron chi connectivity index (χ2n) is 9.89. The van der Waals surface area contributed by atoms with Crippen molar-refractivity contribution in [3.05, 3.63) is 92.8 Å². The first-order chi connectivity index (χ1) is 20.0. The number of amides is 1. The van der Waals surface area contributed by atoms with Gasteiger partial charge in [-0.3, -0.25) is 24.9 Å². The van der Waals surface area contributed by atoms with E-state index in [1.54, 1.807) is 30.5 Å². The second-order valence-corrected chi connectivity index (χ2v) is 10.8. The summed E-state index contributed by atoms with van der Waals surface area (Å²) < 4.78 is 0. The topological polar surface area (TPSA) is 125 Å². The summed E-state index contributed by atoms with van der Waals surface area (Å²) >= 11 is 1.36. The van der Waals surface area contributed by atoms with E-state index in [0.29, 0.717) is 35.2 Å². The van der Waals surface area contributed by atoms with E-state index in [2.05, 4.69) is 30.8 Å². The van der Waals surface area contributed by atoms with Crippen molar-refractivity contribution >= 4 is 51.0 Å². The van der Waals surface area contributed by atoms with Gasteiger partial charge >= 0.3 is 0 Å². The Morgan fingerprint density at radius 1 is 1.02 bits per heavy atom. The average Bonchev–Trinajstić information content (AvgIpc) is 3.45. The Labute approximate surface area is 242 Å². The van der Waals surface area contributed by atoms with Crippen LogP contribution in [-0.2, 0) is 6.54 Å². The third-order valence-electron chi connectivity index (χ3n) is 6.94. The van der Waals surface area contributed by atoms with Gasteiger partial charge in [-0.25, -0.2) is 0 Å². The molecule has 10 nitrogen and oxygen atoms in total. The van der Waals surface area contributed by atoms with Crippen molar-refractivity contribution in [2.24, 2.45) is 4.99 Å². The minimum atomic E-state index is -0.395. The highest BCUT2D eigenvalue weighted by Crippen LogP contribution is 2.26. The van der Waals surface area contributed by atoms with E-state index in [9.17, 15) is 14.9 Å². The van der Waals surface area contributed by atoms with Gasteiger partial charge in [-0.05, 0) is 73.3 Å². The number of pyridine rings is 1. The summed E-state index contributed by atoms with van der Waals surface area (Å²) in [7, 11) is 0. The molecule has 3 heterocycles. The fourth-order valence-corrected chi connectivity index (χ4v) is 5.68. The Kier molecular flexibility index (Phi) is 9.50. The largest absolute Gasteiger partial charge is 0.380 e. The summed E-state index contributed by atoms with van der Waals surface area (Å²) in [6, 6.07) is 19.0. The van der Waals surface area contributed by atoms with Crippen molar-refractivity contribution in [2.45, 2.75) is 25.8 Å². The molecule has 11 heteroatoms. The van der Waals surface area contributed by atoms with Gasteiger partial charge in [-0.1, -0.05) is 30.7 Å². The Morgan fingerprint density at radius 2 is 1.83 bits per heavy atom. The number of amidine groups is 1. The van der Waals surface area contributed by atoms with E-state index in [0.717, 1.165) is 41.8 Å². The number of nitrogens with zero attached hydrogens (tertiary/aromatic N) is 4. The number of piperidine rings is 1. The second kappa shape index (κ2) is 13.8. The number of nitrogens with one attached hydrogen (secondary N) is 3. The molecule has 212 valence electrons. The predicted molar refractivity (Wildman–Crippen MR) is 166 cm³/mol. The molecule has 1 saturated heterocycles. The average molecular weight is 572 g/mol. The highest BCUT2D eigenvalue weighted by Gasteiger charge is 2.15. The van der Waals surface area contributed by atoms with Crippen LogP contribution < -0.4 is 16.0 Å². The molecule has 0 bridgehead atoms. The highest BCUT2D eigenvalue weighted by molar-refractivity contribution is 7.12. The summed E-state index contributed by atoms with van der Waals surface area (Å²) in [5.74, 6) is 0.0591. The van der Waals surface area contributed by atoms with Crippen molar-refractivity contribution < 1.29 is 9.72 Å². The number of aromatic nitrogens is 1. The summed E-state index contributed by atoms with van der Waals surface area (Å²) in [6.45, 7) is 3.54. The zero-order valence-electron chi connectivity index (χ0n) is 22.7. The highest BCUT2D eigenvalue weighted by atomic mass is 32.1. The first-order valence-corrected chi connectivity index (χ1v) is 14.6. The van der Waals surface area contributed by atoms with Gasteiger partial charge in [0.1, 0.15) is 4.88 Å². The third kappa shape index (κ3) is 7.86. The minimum Gasteiger partial charge on any atom is -0.380 e. The molecule has 1 aliphatic rings. The van der Waals surface area contributed by atoms with Gasteiger partial charge < -0.3 is 20.9 Å². The van der Waals surface area contributed by atoms with Crippen LogP contribution in [0.2, 0.25) is 0 Å². The normalized spacial score (nSPS) is 14.1. The van der Waals surface area contributed by atoms with Crippen LogP contribution >= 0.6 is 11.3 Å². The number of hydrogen-bond acceptors (Lipinski definition) is 8. The van der Waals surface area contributed by atoms with E-state index < -0.39 is 11.5 Å². The van der Waals surface area contributed by atoms with Crippen LogP contribution in [0.25, 0.3) is 10.9 Å². The van der Waals surface area contributed by atoms with Crippen LogP contribution in [0.3, 0.4) is 0 Å². The Hall–Kier alpha value is -4.35. The van der Waals surface area contributed by atoms with Crippen molar-refractivity contribution in [1.29, 1.82) is 0 Å². The van der Waals surface area contributed by atoms with E-state index in [-0.39, 0.29) is 5.91 Å². The number of rotatable bonds is 11. The van der Waals surface area contributed by atoms with Crippen molar-refractivity contribution in [3.8, 4) is 0 Å². The van der Waals surface area contributed by atoms with Crippen LogP contribution in [0.15, 0.2) is 77.2 Å². The maximum Gasteiger partial charge on any atom is 0.267 e. The molecule has 0 saturated carbocycles. The number of para-hydroxylation sites is 1. The number of nitro groups is 1. The monoisotopic (exact) mass is 571 g/mol. The molecule has 3 N–H and O–H groups in total. The number of carbonyl (C=O) groups is 1. The van der Waals surface area contributed by atoms with Gasteiger partial charge in [0.05, 0.1) is 17.7 Å². The molecular weight excluding hydrogens is 538 g/mol. The lowest BCUT2D eigenvalue weighted by molar-refractivity contribution is -0.463. The lowest BCUT2D eigenvalue weighted by Gasteiger charge is -2.25. The van der Waals surface area contributed by atoms with Gasteiger partial charge in [0, 0.05) is 41.0 Å². The molecule has 1 fully saturated rings.